The Balaban J connectivity index is 1.84. The number of nitrogens with zero attached hydrogens (tertiary/aromatic N) is 1. The van der Waals surface area contributed by atoms with Crippen molar-refractivity contribution in [3.8, 4) is 0 Å². The zero-order chi connectivity index (χ0) is 12.1. The summed E-state index contributed by atoms with van der Waals surface area (Å²) in [6, 6.07) is 10.2. The molecule has 17 heavy (non-hydrogen) atoms. The lowest BCUT2D eigenvalue weighted by molar-refractivity contribution is -0.118. The van der Waals surface area contributed by atoms with Crippen LogP contribution >= 0.6 is 0 Å². The molecule has 1 atom stereocenters. The summed E-state index contributed by atoms with van der Waals surface area (Å²) in [4.78, 5) is 14.1. The lowest BCUT2D eigenvalue weighted by Gasteiger charge is -2.32. The van der Waals surface area contributed by atoms with Crippen LogP contribution in [0.3, 0.4) is 0 Å². The van der Waals surface area contributed by atoms with Crippen molar-refractivity contribution in [1.29, 1.82) is 0 Å². The fourth-order valence-electron chi connectivity index (χ4n) is 2.30. The third-order valence-electron chi connectivity index (χ3n) is 3.34. The topological polar surface area (TPSA) is 32.3 Å². The van der Waals surface area contributed by atoms with Crippen LogP contribution < -0.4 is 5.32 Å². The largest absolute Gasteiger partial charge is 0.325 e. The molecule has 0 radical (unpaired) electrons. The van der Waals surface area contributed by atoms with Crippen LogP contribution in [0.4, 0.5) is 5.69 Å². The molecule has 3 heteroatoms. The Kier molecular flexibility index (Phi) is 4.15. The summed E-state index contributed by atoms with van der Waals surface area (Å²) in [7, 11) is 0. The maximum Gasteiger partial charge on any atom is 0.238 e. The zero-order valence-electron chi connectivity index (χ0n) is 10.4. The highest BCUT2D eigenvalue weighted by atomic mass is 16.2. The van der Waals surface area contributed by atoms with Gasteiger partial charge in [0.05, 0.1) is 6.54 Å². The molecule has 1 aliphatic rings. The number of hydrogen-bond acceptors (Lipinski definition) is 2. The molecule has 0 aromatic heterocycles. The molecule has 1 aliphatic heterocycles. The molecule has 1 aromatic carbocycles. The smallest absolute Gasteiger partial charge is 0.238 e. The zero-order valence-corrected chi connectivity index (χ0v) is 10.4. The SMILES string of the molecule is C[C@@H]1CCCCN1CC(=O)Nc1ccccc1. The molecule has 1 aromatic rings. The van der Waals surface area contributed by atoms with Gasteiger partial charge in [0.25, 0.3) is 0 Å². The number of likely N-dealkylation sites (tertiary alicyclic amines) is 1. The van der Waals surface area contributed by atoms with E-state index in [0.717, 1.165) is 12.2 Å². The van der Waals surface area contributed by atoms with Crippen LogP contribution in [0.1, 0.15) is 26.2 Å². The van der Waals surface area contributed by atoms with E-state index in [9.17, 15) is 4.79 Å². The van der Waals surface area contributed by atoms with Crippen molar-refractivity contribution in [1.82, 2.24) is 4.90 Å². The van der Waals surface area contributed by atoms with E-state index in [0.29, 0.717) is 12.6 Å². The number of rotatable bonds is 3. The van der Waals surface area contributed by atoms with Crippen molar-refractivity contribution in [3.63, 3.8) is 0 Å². The van der Waals surface area contributed by atoms with E-state index in [2.05, 4.69) is 17.1 Å². The highest BCUT2D eigenvalue weighted by molar-refractivity contribution is 5.92. The van der Waals surface area contributed by atoms with Gasteiger partial charge in [0.15, 0.2) is 0 Å². The first kappa shape index (κ1) is 12.1. The third kappa shape index (κ3) is 3.56. The Bertz CT molecular complexity index is 364. The van der Waals surface area contributed by atoms with Crippen LogP contribution in [0.2, 0.25) is 0 Å². The van der Waals surface area contributed by atoms with E-state index in [-0.39, 0.29) is 5.91 Å². The maximum absolute atomic E-state index is 11.9. The van der Waals surface area contributed by atoms with Gasteiger partial charge in [0.1, 0.15) is 0 Å². The van der Waals surface area contributed by atoms with E-state index in [1.165, 1.54) is 19.3 Å². The van der Waals surface area contributed by atoms with Crippen molar-refractivity contribution in [3.05, 3.63) is 30.3 Å². The summed E-state index contributed by atoms with van der Waals surface area (Å²) in [5.41, 5.74) is 0.877. The quantitative estimate of drug-likeness (QED) is 0.868. The van der Waals surface area contributed by atoms with Crippen LogP contribution in [0, 0.1) is 0 Å². The standard InChI is InChI=1S/C14H20N2O/c1-12-7-5-6-10-16(12)11-14(17)15-13-8-3-2-4-9-13/h2-4,8-9,12H,5-7,10-11H2,1H3,(H,15,17)/t12-/m1/s1. The lowest BCUT2D eigenvalue weighted by Crippen LogP contribution is -2.42. The Morgan fingerprint density at radius 1 is 1.35 bits per heavy atom. The second kappa shape index (κ2) is 5.82. The van der Waals surface area contributed by atoms with Gasteiger partial charge in [-0.3, -0.25) is 9.69 Å². The molecule has 0 aliphatic carbocycles. The molecule has 0 unspecified atom stereocenters. The summed E-state index contributed by atoms with van der Waals surface area (Å²) >= 11 is 0. The highest BCUT2D eigenvalue weighted by Gasteiger charge is 2.20. The molecular weight excluding hydrogens is 212 g/mol. The molecule has 92 valence electrons. The predicted molar refractivity (Wildman–Crippen MR) is 70.0 cm³/mol. The summed E-state index contributed by atoms with van der Waals surface area (Å²) in [5, 5.41) is 2.93. The molecule has 1 amide bonds. The van der Waals surface area contributed by atoms with Crippen molar-refractivity contribution in [2.45, 2.75) is 32.2 Å². The van der Waals surface area contributed by atoms with Gasteiger partial charge < -0.3 is 5.32 Å². The summed E-state index contributed by atoms with van der Waals surface area (Å²) in [5.74, 6) is 0.0879. The van der Waals surface area contributed by atoms with E-state index in [1.807, 2.05) is 30.3 Å². The van der Waals surface area contributed by atoms with Gasteiger partial charge in [0, 0.05) is 11.7 Å². The molecule has 3 nitrogen and oxygen atoms in total. The number of para-hydroxylation sites is 1. The van der Waals surface area contributed by atoms with Crippen LogP contribution in [0.5, 0.6) is 0 Å². The Labute approximate surface area is 103 Å². The van der Waals surface area contributed by atoms with Gasteiger partial charge in [-0.05, 0) is 38.4 Å². The van der Waals surface area contributed by atoms with Crippen LogP contribution in [0.25, 0.3) is 0 Å². The van der Waals surface area contributed by atoms with Gasteiger partial charge in [-0.15, -0.1) is 0 Å². The van der Waals surface area contributed by atoms with Crippen molar-refractivity contribution >= 4 is 11.6 Å². The average Bonchev–Trinajstić information content (AvgIpc) is 2.33. The van der Waals surface area contributed by atoms with Gasteiger partial charge in [-0.2, -0.15) is 0 Å². The van der Waals surface area contributed by atoms with Gasteiger partial charge in [-0.1, -0.05) is 24.6 Å². The molecule has 0 bridgehead atoms. The molecule has 0 saturated carbocycles. The van der Waals surface area contributed by atoms with E-state index in [4.69, 9.17) is 0 Å². The number of hydrogen-bond donors (Lipinski definition) is 1. The first-order valence-corrected chi connectivity index (χ1v) is 6.34. The van der Waals surface area contributed by atoms with Crippen LogP contribution in [0.15, 0.2) is 30.3 Å². The lowest BCUT2D eigenvalue weighted by atomic mass is 10.0. The fourth-order valence-corrected chi connectivity index (χ4v) is 2.30. The fraction of sp³-hybridized carbons (Fsp3) is 0.500. The average molecular weight is 232 g/mol. The molecule has 1 saturated heterocycles. The number of benzene rings is 1. The van der Waals surface area contributed by atoms with Gasteiger partial charge in [0.2, 0.25) is 5.91 Å². The minimum absolute atomic E-state index is 0.0879. The van der Waals surface area contributed by atoms with Gasteiger partial charge in [-0.25, -0.2) is 0 Å². The second-order valence-electron chi connectivity index (χ2n) is 4.73. The number of piperidine rings is 1. The van der Waals surface area contributed by atoms with Crippen LogP contribution in [-0.4, -0.2) is 29.9 Å². The Morgan fingerprint density at radius 2 is 2.12 bits per heavy atom. The van der Waals surface area contributed by atoms with E-state index in [1.54, 1.807) is 0 Å². The molecule has 1 fully saturated rings. The van der Waals surface area contributed by atoms with Crippen LogP contribution in [-0.2, 0) is 4.79 Å². The number of amides is 1. The number of carbonyl (C=O) groups excluding carboxylic acids is 1. The van der Waals surface area contributed by atoms with E-state index < -0.39 is 0 Å². The minimum Gasteiger partial charge on any atom is -0.325 e. The first-order valence-electron chi connectivity index (χ1n) is 6.34. The van der Waals surface area contributed by atoms with Crippen molar-refractivity contribution in [2.24, 2.45) is 0 Å². The number of carbonyl (C=O) groups is 1. The minimum atomic E-state index is 0.0879. The monoisotopic (exact) mass is 232 g/mol. The van der Waals surface area contributed by atoms with Crippen molar-refractivity contribution in [2.75, 3.05) is 18.4 Å². The molecule has 1 heterocycles. The summed E-state index contributed by atoms with van der Waals surface area (Å²) in [6.07, 6.45) is 3.71. The molecule has 2 rings (SSSR count). The molecule has 0 spiro atoms. The number of anilines is 1. The Morgan fingerprint density at radius 3 is 2.82 bits per heavy atom. The molecule has 1 N–H and O–H groups in total. The molecular formula is C14H20N2O. The Hall–Kier alpha value is -1.35. The summed E-state index contributed by atoms with van der Waals surface area (Å²) in [6.45, 7) is 3.76. The predicted octanol–water partition coefficient (Wildman–Crippen LogP) is 2.50. The second-order valence-corrected chi connectivity index (χ2v) is 4.73. The van der Waals surface area contributed by atoms with Crippen molar-refractivity contribution < 1.29 is 4.79 Å². The summed E-state index contributed by atoms with van der Waals surface area (Å²) < 4.78 is 0. The normalized spacial score (nSPS) is 21.1. The highest BCUT2D eigenvalue weighted by Crippen LogP contribution is 2.16. The van der Waals surface area contributed by atoms with Gasteiger partial charge >= 0.3 is 0 Å². The maximum atomic E-state index is 11.9. The first-order chi connectivity index (χ1) is 8.25. The van der Waals surface area contributed by atoms with E-state index >= 15 is 0 Å². The third-order valence-corrected chi connectivity index (χ3v) is 3.34. The number of nitrogens with one attached hydrogen (secondary N) is 1.